The maximum absolute atomic E-state index is 13.2. The van der Waals surface area contributed by atoms with Gasteiger partial charge in [0.25, 0.3) is 5.91 Å². The van der Waals surface area contributed by atoms with Gasteiger partial charge in [-0.25, -0.2) is 8.42 Å². The summed E-state index contributed by atoms with van der Waals surface area (Å²) in [6, 6.07) is 6.64. The average molecular weight is 500 g/mol. The Morgan fingerprint density at radius 1 is 1.03 bits per heavy atom. The number of rotatable bonds is 6. The lowest BCUT2D eigenvalue weighted by atomic mass is 10.1. The first-order valence-corrected chi connectivity index (χ1v) is 11.9. The fourth-order valence-corrected chi connectivity index (χ4v) is 5.20. The average Bonchev–Trinajstić information content (AvgIpc) is 2.79. The lowest BCUT2D eigenvalue weighted by Crippen LogP contribution is -2.41. The fraction of sp³-hybridized carbons (Fsp3) is 0.364. The van der Waals surface area contributed by atoms with Gasteiger partial charge in [-0.2, -0.15) is 17.5 Å². The number of sulfonamides is 1. The molecule has 2 aromatic rings. The largest absolute Gasteiger partial charge is 0.416 e. The summed E-state index contributed by atoms with van der Waals surface area (Å²) >= 11 is 0. The molecular weight excluding hydrogens is 475 g/mol. The van der Waals surface area contributed by atoms with Crippen LogP contribution >= 0.6 is 0 Å². The Morgan fingerprint density at radius 2 is 1.71 bits per heavy atom. The van der Waals surface area contributed by atoms with Crippen LogP contribution in [-0.2, 0) is 32.2 Å². The lowest BCUT2D eigenvalue weighted by molar-refractivity contribution is -0.137. The third-order valence-corrected chi connectivity index (χ3v) is 7.18. The molecule has 2 aromatic carbocycles. The molecule has 0 bridgehead atoms. The van der Waals surface area contributed by atoms with E-state index in [0.717, 1.165) is 12.1 Å². The van der Waals surface area contributed by atoms with Crippen LogP contribution in [0.15, 0.2) is 41.3 Å². The lowest BCUT2D eigenvalue weighted by Gasteiger charge is -2.27. The van der Waals surface area contributed by atoms with Crippen molar-refractivity contribution < 1.29 is 35.9 Å². The first kappa shape index (κ1) is 25.7. The van der Waals surface area contributed by atoms with E-state index in [0.29, 0.717) is 18.1 Å². The van der Waals surface area contributed by atoms with E-state index >= 15 is 0 Å². The third kappa shape index (κ3) is 5.75. The highest BCUT2D eigenvalue weighted by Gasteiger charge is 2.32. The summed E-state index contributed by atoms with van der Waals surface area (Å²) < 4.78 is 72.4. The number of morpholine rings is 1. The highest BCUT2D eigenvalue weighted by atomic mass is 32.2. The van der Waals surface area contributed by atoms with E-state index in [1.165, 1.54) is 29.4 Å². The number of hydrogen-bond donors (Lipinski definition) is 2. The first-order chi connectivity index (χ1) is 15.9. The number of amides is 2. The zero-order valence-electron chi connectivity index (χ0n) is 18.5. The molecule has 184 valence electrons. The van der Waals surface area contributed by atoms with Crippen molar-refractivity contribution in [2.75, 3.05) is 36.9 Å². The summed E-state index contributed by atoms with van der Waals surface area (Å²) in [5.41, 5.74) is -0.877. The quantitative estimate of drug-likeness (QED) is 0.633. The van der Waals surface area contributed by atoms with Gasteiger partial charge in [-0.15, -0.1) is 0 Å². The predicted octanol–water partition coefficient (Wildman–Crippen LogP) is 3.50. The molecule has 34 heavy (non-hydrogen) atoms. The maximum atomic E-state index is 13.2. The number of anilines is 2. The number of carbonyl (C=O) groups excluding carboxylic acids is 2. The second-order valence-corrected chi connectivity index (χ2v) is 9.49. The number of nitrogens with zero attached hydrogens (tertiary/aromatic N) is 1. The minimum atomic E-state index is -4.67. The highest BCUT2D eigenvalue weighted by molar-refractivity contribution is 7.89. The van der Waals surface area contributed by atoms with E-state index in [-0.39, 0.29) is 48.1 Å². The van der Waals surface area contributed by atoms with Gasteiger partial charge in [0.15, 0.2) is 0 Å². The Balaban J connectivity index is 1.98. The van der Waals surface area contributed by atoms with Crippen LogP contribution in [0.5, 0.6) is 0 Å². The zero-order chi connectivity index (χ0) is 25.1. The van der Waals surface area contributed by atoms with Crippen LogP contribution in [0.25, 0.3) is 0 Å². The summed E-state index contributed by atoms with van der Waals surface area (Å²) in [5, 5.41) is 4.73. The van der Waals surface area contributed by atoms with E-state index in [2.05, 4.69) is 10.6 Å². The van der Waals surface area contributed by atoms with E-state index in [1.54, 1.807) is 6.92 Å². The molecule has 0 unspecified atom stereocenters. The molecule has 1 heterocycles. The Morgan fingerprint density at radius 3 is 2.29 bits per heavy atom. The zero-order valence-corrected chi connectivity index (χ0v) is 19.3. The van der Waals surface area contributed by atoms with Gasteiger partial charge >= 0.3 is 6.18 Å². The third-order valence-electron chi connectivity index (χ3n) is 5.20. The number of aryl methyl sites for hydroxylation is 1. The number of halogens is 3. The summed E-state index contributed by atoms with van der Waals surface area (Å²) in [4.78, 5) is 24.3. The second kappa shape index (κ2) is 10.1. The molecule has 8 nitrogen and oxygen atoms in total. The Hall–Kier alpha value is -2.96. The second-order valence-electron chi connectivity index (χ2n) is 7.59. The van der Waals surface area contributed by atoms with Crippen molar-refractivity contribution in [2.45, 2.75) is 31.3 Å². The summed E-state index contributed by atoms with van der Waals surface area (Å²) in [7, 11) is -3.92. The van der Waals surface area contributed by atoms with Crippen LogP contribution in [0.2, 0.25) is 0 Å². The topological polar surface area (TPSA) is 105 Å². The van der Waals surface area contributed by atoms with Crippen LogP contribution in [0.4, 0.5) is 24.5 Å². The monoisotopic (exact) mass is 499 g/mol. The molecule has 1 fully saturated rings. The minimum absolute atomic E-state index is 0.0276. The van der Waals surface area contributed by atoms with E-state index in [1.807, 2.05) is 0 Å². The van der Waals surface area contributed by atoms with Gasteiger partial charge in [0.1, 0.15) is 0 Å². The first-order valence-electron chi connectivity index (χ1n) is 10.4. The Labute approximate surface area is 195 Å². The van der Waals surface area contributed by atoms with Crippen molar-refractivity contribution in [3.8, 4) is 0 Å². The molecule has 2 N–H and O–H groups in total. The molecule has 0 atom stereocenters. The van der Waals surface area contributed by atoms with E-state index in [4.69, 9.17) is 4.74 Å². The van der Waals surface area contributed by atoms with Gasteiger partial charge in [0.2, 0.25) is 15.9 Å². The number of nitrogens with one attached hydrogen (secondary N) is 2. The Bertz CT molecular complexity index is 1190. The predicted molar refractivity (Wildman–Crippen MR) is 119 cm³/mol. The van der Waals surface area contributed by atoms with Gasteiger partial charge in [0, 0.05) is 25.6 Å². The molecule has 1 aliphatic rings. The summed E-state index contributed by atoms with van der Waals surface area (Å²) in [6.45, 7) is 3.80. The molecule has 0 aliphatic carbocycles. The molecule has 1 saturated heterocycles. The van der Waals surface area contributed by atoms with Gasteiger partial charge in [-0.1, -0.05) is 13.0 Å². The number of ether oxygens (including phenoxy) is 1. The van der Waals surface area contributed by atoms with Gasteiger partial charge in [0.05, 0.1) is 35.0 Å². The molecule has 0 aromatic heterocycles. The van der Waals surface area contributed by atoms with Crippen LogP contribution in [-0.4, -0.2) is 50.8 Å². The normalized spacial score (nSPS) is 15.1. The summed E-state index contributed by atoms with van der Waals surface area (Å²) in [5.74, 6) is -1.37. The minimum Gasteiger partial charge on any atom is -0.379 e. The van der Waals surface area contributed by atoms with Crippen LogP contribution < -0.4 is 10.6 Å². The highest BCUT2D eigenvalue weighted by Crippen LogP contribution is 2.34. The van der Waals surface area contributed by atoms with Crippen LogP contribution in [0, 0.1) is 0 Å². The maximum Gasteiger partial charge on any atom is 0.416 e. The van der Waals surface area contributed by atoms with Crippen molar-refractivity contribution in [1.82, 2.24) is 4.31 Å². The fourth-order valence-electron chi connectivity index (χ4n) is 3.47. The molecule has 1 aliphatic heterocycles. The molecule has 2 amide bonds. The van der Waals surface area contributed by atoms with Crippen molar-refractivity contribution >= 4 is 33.2 Å². The van der Waals surface area contributed by atoms with Gasteiger partial charge in [-0.3, -0.25) is 9.59 Å². The Kier molecular flexibility index (Phi) is 7.64. The van der Waals surface area contributed by atoms with Crippen LogP contribution in [0.1, 0.15) is 35.3 Å². The van der Waals surface area contributed by atoms with E-state index < -0.39 is 33.6 Å². The standard InChI is InChI=1S/C22H24F3N3O5S/c1-3-15-4-5-16(12-20(15)34(31,32)28-8-10-33-11-9-28)21(30)27-19-13-17(22(23,24)25)6-7-18(19)26-14(2)29/h4-7,12-13H,3,8-11H2,1-2H3,(H,26,29)(H,27,30). The number of benzene rings is 2. The molecule has 0 spiro atoms. The number of alkyl halides is 3. The van der Waals surface area contributed by atoms with E-state index in [9.17, 15) is 31.2 Å². The van der Waals surface area contributed by atoms with Crippen molar-refractivity contribution in [1.29, 1.82) is 0 Å². The van der Waals surface area contributed by atoms with Crippen molar-refractivity contribution in [3.05, 3.63) is 53.1 Å². The van der Waals surface area contributed by atoms with Crippen molar-refractivity contribution in [2.24, 2.45) is 0 Å². The van der Waals surface area contributed by atoms with Gasteiger partial charge < -0.3 is 15.4 Å². The van der Waals surface area contributed by atoms with Crippen molar-refractivity contribution in [3.63, 3.8) is 0 Å². The molecule has 0 radical (unpaired) electrons. The SMILES string of the molecule is CCc1ccc(C(=O)Nc2cc(C(F)(F)F)ccc2NC(C)=O)cc1S(=O)(=O)N1CCOCC1. The van der Waals surface area contributed by atoms with Gasteiger partial charge in [-0.05, 0) is 42.3 Å². The molecule has 12 heteroatoms. The van der Waals surface area contributed by atoms with Crippen LogP contribution in [0.3, 0.4) is 0 Å². The number of hydrogen-bond acceptors (Lipinski definition) is 5. The molecule has 0 saturated carbocycles. The smallest absolute Gasteiger partial charge is 0.379 e. The molecular formula is C22H24F3N3O5S. The number of carbonyl (C=O) groups is 2. The summed E-state index contributed by atoms with van der Waals surface area (Å²) in [6.07, 6.45) is -4.28. The molecule has 3 rings (SSSR count).